The van der Waals surface area contributed by atoms with E-state index in [0.29, 0.717) is 6.42 Å². The van der Waals surface area contributed by atoms with Crippen LogP contribution in [0.4, 0.5) is 0 Å². The quantitative estimate of drug-likeness (QED) is 0.806. The van der Waals surface area contributed by atoms with Crippen LogP contribution >= 0.6 is 0 Å². The van der Waals surface area contributed by atoms with Gasteiger partial charge in [-0.3, -0.25) is 0 Å². The molecule has 2 N–H and O–H groups in total. The van der Waals surface area contributed by atoms with Crippen LogP contribution < -0.4 is 4.72 Å². The Labute approximate surface area is 102 Å². The molecule has 0 aromatic heterocycles. The molecule has 94 valence electrons. The summed E-state index contributed by atoms with van der Waals surface area (Å²) in [5, 5.41) is 10.0. The summed E-state index contributed by atoms with van der Waals surface area (Å²) in [5.74, 6) is 0. The van der Waals surface area contributed by atoms with E-state index in [0.717, 1.165) is 11.0 Å². The third kappa shape index (κ3) is 5.12. The lowest BCUT2D eigenvalue weighted by atomic mass is 10.2. The Bertz CT molecular complexity index is 450. The van der Waals surface area contributed by atoms with Crippen LogP contribution in [-0.4, -0.2) is 26.2 Å². The Morgan fingerprint density at radius 1 is 1.35 bits per heavy atom. The molecule has 1 rings (SSSR count). The zero-order chi connectivity index (χ0) is 12.7. The summed E-state index contributed by atoms with van der Waals surface area (Å²) >= 11 is 0. The van der Waals surface area contributed by atoms with Crippen molar-refractivity contribution >= 4 is 16.1 Å². The van der Waals surface area contributed by atoms with Gasteiger partial charge in [-0.2, -0.15) is 0 Å². The molecule has 0 heterocycles. The first-order valence-electron chi connectivity index (χ1n) is 5.43. The second-order valence-electron chi connectivity index (χ2n) is 3.66. The lowest BCUT2D eigenvalue weighted by molar-refractivity contribution is 0.254. The van der Waals surface area contributed by atoms with E-state index in [9.17, 15) is 8.42 Å². The zero-order valence-corrected chi connectivity index (χ0v) is 10.5. The van der Waals surface area contributed by atoms with E-state index in [1.165, 1.54) is 6.08 Å². The van der Waals surface area contributed by atoms with E-state index in [1.807, 2.05) is 37.3 Å². The fourth-order valence-electron chi connectivity index (χ4n) is 1.25. The van der Waals surface area contributed by atoms with Gasteiger partial charge in [0.2, 0.25) is 10.0 Å². The number of benzene rings is 1. The first-order chi connectivity index (χ1) is 8.07. The van der Waals surface area contributed by atoms with Gasteiger partial charge in [-0.15, -0.1) is 0 Å². The summed E-state index contributed by atoms with van der Waals surface area (Å²) in [5.41, 5.74) is 0.815. The second-order valence-corrected chi connectivity index (χ2v) is 5.26. The summed E-state index contributed by atoms with van der Waals surface area (Å²) in [6, 6.07) is 8.73. The summed E-state index contributed by atoms with van der Waals surface area (Å²) in [7, 11) is -3.49. The smallest absolute Gasteiger partial charge is 0.234 e. The Morgan fingerprint density at radius 3 is 2.53 bits per heavy atom. The molecule has 4 nitrogen and oxygen atoms in total. The lowest BCUT2D eigenvalue weighted by Crippen LogP contribution is -2.35. The fraction of sp³-hybridized carbons (Fsp3) is 0.333. The molecule has 0 saturated heterocycles. The molecule has 0 fully saturated rings. The number of nitrogens with one attached hydrogen (secondary N) is 1. The molecule has 1 aromatic carbocycles. The molecular formula is C12H17NO3S. The van der Waals surface area contributed by atoms with E-state index >= 15 is 0 Å². The second kappa shape index (κ2) is 6.54. The highest BCUT2D eigenvalue weighted by atomic mass is 32.2. The first-order valence-corrected chi connectivity index (χ1v) is 6.98. The van der Waals surface area contributed by atoms with Crippen LogP contribution in [-0.2, 0) is 10.0 Å². The standard InChI is InChI=1S/C12H17NO3S/c1-2-12(10-14)13-17(15,16)9-8-11-6-4-3-5-7-11/h3-9,12-14H,2,10H2,1H3/b9-8+/t12-/m1/s1. The maximum atomic E-state index is 11.6. The monoisotopic (exact) mass is 255 g/mol. The van der Waals surface area contributed by atoms with Gasteiger partial charge in [0.25, 0.3) is 0 Å². The van der Waals surface area contributed by atoms with Crippen LogP contribution in [0.3, 0.4) is 0 Å². The average molecular weight is 255 g/mol. The van der Waals surface area contributed by atoms with Gasteiger partial charge in [0.15, 0.2) is 0 Å². The minimum absolute atomic E-state index is 0.199. The van der Waals surface area contributed by atoms with Gasteiger partial charge < -0.3 is 5.11 Å². The molecule has 0 aliphatic rings. The predicted octanol–water partition coefficient (Wildman–Crippen LogP) is 1.35. The average Bonchev–Trinajstić information content (AvgIpc) is 2.35. The minimum atomic E-state index is -3.49. The number of aliphatic hydroxyl groups excluding tert-OH is 1. The lowest BCUT2D eigenvalue weighted by Gasteiger charge is -2.11. The molecule has 0 unspecified atom stereocenters. The van der Waals surface area contributed by atoms with Crippen molar-refractivity contribution in [3.8, 4) is 0 Å². The topological polar surface area (TPSA) is 66.4 Å². The molecule has 0 aliphatic heterocycles. The molecule has 0 amide bonds. The van der Waals surface area contributed by atoms with Crippen LogP contribution in [0.15, 0.2) is 35.7 Å². The molecule has 0 aliphatic carbocycles. The fourth-order valence-corrected chi connectivity index (χ4v) is 2.37. The number of sulfonamides is 1. The van der Waals surface area contributed by atoms with Crippen LogP contribution in [0.1, 0.15) is 18.9 Å². The van der Waals surface area contributed by atoms with E-state index in [1.54, 1.807) is 0 Å². The Hall–Kier alpha value is -1.17. The highest BCUT2D eigenvalue weighted by Crippen LogP contribution is 2.03. The first kappa shape index (κ1) is 13.9. The van der Waals surface area contributed by atoms with Crippen LogP contribution in [0.2, 0.25) is 0 Å². The van der Waals surface area contributed by atoms with E-state index in [4.69, 9.17) is 5.11 Å². The molecule has 17 heavy (non-hydrogen) atoms. The summed E-state index contributed by atoms with van der Waals surface area (Å²) in [4.78, 5) is 0. The molecular weight excluding hydrogens is 238 g/mol. The normalized spacial score (nSPS) is 14.0. The molecule has 0 saturated carbocycles. The summed E-state index contributed by atoms with van der Waals surface area (Å²) in [6.45, 7) is 1.61. The maximum absolute atomic E-state index is 11.6. The largest absolute Gasteiger partial charge is 0.395 e. The highest BCUT2D eigenvalue weighted by Gasteiger charge is 2.12. The Morgan fingerprint density at radius 2 is 2.00 bits per heavy atom. The van der Waals surface area contributed by atoms with Gasteiger partial charge in [-0.25, -0.2) is 13.1 Å². The van der Waals surface area contributed by atoms with Crippen LogP contribution in [0.5, 0.6) is 0 Å². The number of aliphatic hydroxyl groups is 1. The van der Waals surface area contributed by atoms with Gasteiger partial charge in [0, 0.05) is 11.4 Å². The van der Waals surface area contributed by atoms with Crippen LogP contribution in [0.25, 0.3) is 6.08 Å². The molecule has 5 heteroatoms. The van der Waals surface area contributed by atoms with Crippen molar-refractivity contribution in [2.75, 3.05) is 6.61 Å². The van der Waals surface area contributed by atoms with Gasteiger partial charge in [-0.1, -0.05) is 37.3 Å². The summed E-state index contributed by atoms with van der Waals surface area (Å²) < 4.78 is 25.6. The van der Waals surface area contributed by atoms with Gasteiger partial charge in [0.1, 0.15) is 0 Å². The zero-order valence-electron chi connectivity index (χ0n) is 9.70. The van der Waals surface area contributed by atoms with Crippen molar-refractivity contribution in [1.29, 1.82) is 0 Å². The van der Waals surface area contributed by atoms with Crippen molar-refractivity contribution in [3.05, 3.63) is 41.3 Å². The molecule has 1 atom stereocenters. The van der Waals surface area contributed by atoms with Crippen molar-refractivity contribution in [3.63, 3.8) is 0 Å². The minimum Gasteiger partial charge on any atom is -0.395 e. The third-order valence-corrected chi connectivity index (χ3v) is 3.44. The number of hydrogen-bond donors (Lipinski definition) is 2. The van der Waals surface area contributed by atoms with E-state index < -0.39 is 16.1 Å². The van der Waals surface area contributed by atoms with Gasteiger partial charge in [-0.05, 0) is 18.1 Å². The van der Waals surface area contributed by atoms with E-state index in [-0.39, 0.29) is 6.61 Å². The molecule has 0 bridgehead atoms. The maximum Gasteiger partial charge on any atom is 0.234 e. The van der Waals surface area contributed by atoms with Crippen molar-refractivity contribution < 1.29 is 13.5 Å². The van der Waals surface area contributed by atoms with E-state index in [2.05, 4.69) is 4.72 Å². The third-order valence-electron chi connectivity index (χ3n) is 2.28. The van der Waals surface area contributed by atoms with Crippen molar-refractivity contribution in [1.82, 2.24) is 4.72 Å². The Balaban J connectivity index is 2.70. The summed E-state index contributed by atoms with van der Waals surface area (Å²) in [6.07, 6.45) is 2.07. The molecule has 0 radical (unpaired) electrons. The van der Waals surface area contributed by atoms with Crippen molar-refractivity contribution in [2.45, 2.75) is 19.4 Å². The number of rotatable bonds is 6. The van der Waals surface area contributed by atoms with Crippen LogP contribution in [0, 0.1) is 0 Å². The van der Waals surface area contributed by atoms with Crippen molar-refractivity contribution in [2.24, 2.45) is 0 Å². The molecule has 0 spiro atoms. The highest BCUT2D eigenvalue weighted by molar-refractivity contribution is 7.92. The Kier molecular flexibility index (Phi) is 5.34. The van der Waals surface area contributed by atoms with Gasteiger partial charge in [0.05, 0.1) is 6.61 Å². The predicted molar refractivity (Wildman–Crippen MR) is 68.7 cm³/mol. The molecule has 1 aromatic rings. The number of hydrogen-bond acceptors (Lipinski definition) is 3. The van der Waals surface area contributed by atoms with Gasteiger partial charge >= 0.3 is 0 Å². The SMILES string of the molecule is CC[C@H](CO)NS(=O)(=O)/C=C/c1ccccc1.